The van der Waals surface area contributed by atoms with Crippen molar-refractivity contribution in [3.8, 4) is 11.1 Å². The predicted octanol–water partition coefficient (Wildman–Crippen LogP) is 3.15. The lowest BCUT2D eigenvalue weighted by atomic mass is 10.00. The summed E-state index contributed by atoms with van der Waals surface area (Å²) in [5.74, 6) is 0.0228. The zero-order chi connectivity index (χ0) is 15.3. The number of carbonyl (C=O) groups is 1. The zero-order valence-corrected chi connectivity index (χ0v) is 12.3. The molecule has 3 aromatic rings. The van der Waals surface area contributed by atoms with Gasteiger partial charge in [-0.25, -0.2) is 0 Å². The molecule has 4 rings (SSSR count). The van der Waals surface area contributed by atoms with Gasteiger partial charge in [0.25, 0.3) is 5.56 Å². The number of pyridine rings is 1. The maximum atomic E-state index is 12.8. The van der Waals surface area contributed by atoms with Gasteiger partial charge in [-0.1, -0.05) is 6.07 Å². The lowest BCUT2D eigenvalue weighted by molar-refractivity contribution is 0.101. The Morgan fingerprint density at radius 1 is 1.23 bits per heavy atom. The Morgan fingerprint density at radius 2 is 2.09 bits per heavy atom. The highest BCUT2D eigenvalue weighted by Crippen LogP contribution is 2.26. The predicted molar refractivity (Wildman–Crippen MR) is 86.3 cm³/mol. The number of hydrogen-bond donors (Lipinski definition) is 1. The van der Waals surface area contributed by atoms with Crippen LogP contribution in [0.2, 0.25) is 0 Å². The number of Topliss-reactive ketones (excluding diaryl/α,β-unsaturated/α-hetero) is 1. The summed E-state index contributed by atoms with van der Waals surface area (Å²) in [5.41, 5.74) is 4.09. The average Bonchev–Trinajstić information content (AvgIpc) is 3.15. The Morgan fingerprint density at radius 3 is 2.91 bits per heavy atom. The van der Waals surface area contributed by atoms with Gasteiger partial charge in [0, 0.05) is 35.1 Å². The quantitative estimate of drug-likeness (QED) is 0.738. The van der Waals surface area contributed by atoms with Gasteiger partial charge in [-0.15, -0.1) is 0 Å². The van der Waals surface area contributed by atoms with E-state index in [1.54, 1.807) is 17.6 Å². The maximum Gasteiger partial charge on any atom is 0.258 e. The van der Waals surface area contributed by atoms with Gasteiger partial charge in [0.2, 0.25) is 0 Å². The smallest absolute Gasteiger partial charge is 0.258 e. The van der Waals surface area contributed by atoms with Crippen molar-refractivity contribution in [2.24, 2.45) is 0 Å². The van der Waals surface area contributed by atoms with Crippen LogP contribution in [0.3, 0.4) is 0 Å². The summed E-state index contributed by atoms with van der Waals surface area (Å²) in [6.45, 7) is 2.27. The molecular formula is C18H16N2O2. The molecule has 0 unspecified atom stereocenters. The van der Waals surface area contributed by atoms with Crippen LogP contribution in [0.1, 0.15) is 29.4 Å². The Balaban J connectivity index is 2.00. The fraction of sp³-hybridized carbons (Fsp3) is 0.222. The molecule has 0 aliphatic carbocycles. The Hall–Kier alpha value is -2.62. The molecule has 110 valence electrons. The van der Waals surface area contributed by atoms with Crippen LogP contribution >= 0.6 is 0 Å². The van der Waals surface area contributed by atoms with E-state index in [2.05, 4.69) is 4.98 Å². The molecule has 4 nitrogen and oxygen atoms in total. The summed E-state index contributed by atoms with van der Waals surface area (Å²) in [7, 11) is 0. The van der Waals surface area contributed by atoms with Crippen molar-refractivity contribution in [2.75, 3.05) is 0 Å². The molecule has 1 aliphatic rings. The van der Waals surface area contributed by atoms with Crippen molar-refractivity contribution in [3.63, 3.8) is 0 Å². The molecule has 0 spiro atoms. The molecular weight excluding hydrogens is 276 g/mol. The summed E-state index contributed by atoms with van der Waals surface area (Å²) in [4.78, 5) is 27.9. The van der Waals surface area contributed by atoms with Gasteiger partial charge in [0.1, 0.15) is 0 Å². The average molecular weight is 292 g/mol. The number of nitrogens with zero attached hydrogens (tertiary/aromatic N) is 1. The molecule has 1 aliphatic heterocycles. The van der Waals surface area contributed by atoms with E-state index in [9.17, 15) is 9.59 Å². The summed E-state index contributed by atoms with van der Waals surface area (Å²) in [6, 6.07) is 9.65. The van der Waals surface area contributed by atoms with Crippen LogP contribution in [-0.2, 0) is 13.0 Å². The molecule has 3 heterocycles. The van der Waals surface area contributed by atoms with Crippen molar-refractivity contribution < 1.29 is 4.79 Å². The Bertz CT molecular complexity index is 963. The van der Waals surface area contributed by atoms with Crippen molar-refractivity contribution in [3.05, 3.63) is 58.1 Å². The van der Waals surface area contributed by atoms with Crippen LogP contribution in [0.25, 0.3) is 22.0 Å². The molecule has 2 aromatic heterocycles. The number of rotatable bonds is 2. The lowest BCUT2D eigenvalue weighted by Crippen LogP contribution is -2.23. The molecule has 0 saturated heterocycles. The van der Waals surface area contributed by atoms with Crippen LogP contribution in [0.4, 0.5) is 0 Å². The normalized spacial score (nSPS) is 13.5. The SMILES string of the molecule is CC(=O)c1cc(-c2ccc3[nH]ccc3c2)c(=O)n2c1CCC2. The molecule has 0 amide bonds. The lowest BCUT2D eigenvalue weighted by Gasteiger charge is -2.11. The van der Waals surface area contributed by atoms with E-state index >= 15 is 0 Å². The van der Waals surface area contributed by atoms with Gasteiger partial charge in [0.15, 0.2) is 5.78 Å². The third-order valence-electron chi connectivity index (χ3n) is 4.44. The Labute approximate surface area is 127 Å². The van der Waals surface area contributed by atoms with E-state index in [0.29, 0.717) is 17.7 Å². The first kappa shape index (κ1) is 13.1. The molecule has 0 atom stereocenters. The first-order valence-electron chi connectivity index (χ1n) is 7.50. The van der Waals surface area contributed by atoms with Crippen molar-refractivity contribution in [1.29, 1.82) is 0 Å². The number of carbonyl (C=O) groups excluding carboxylic acids is 1. The van der Waals surface area contributed by atoms with E-state index in [4.69, 9.17) is 0 Å². The molecule has 0 radical (unpaired) electrons. The van der Waals surface area contributed by atoms with Crippen LogP contribution in [0.15, 0.2) is 41.3 Å². The zero-order valence-electron chi connectivity index (χ0n) is 12.3. The topological polar surface area (TPSA) is 54.9 Å². The molecule has 22 heavy (non-hydrogen) atoms. The molecule has 4 heteroatoms. The number of ketones is 1. The van der Waals surface area contributed by atoms with E-state index in [1.807, 2.05) is 30.5 Å². The van der Waals surface area contributed by atoms with Crippen LogP contribution in [-0.4, -0.2) is 15.3 Å². The minimum absolute atomic E-state index is 0.00684. The van der Waals surface area contributed by atoms with Crippen LogP contribution in [0.5, 0.6) is 0 Å². The highest BCUT2D eigenvalue weighted by Gasteiger charge is 2.21. The number of aromatic nitrogens is 2. The minimum Gasteiger partial charge on any atom is -0.361 e. The summed E-state index contributed by atoms with van der Waals surface area (Å²) in [5, 5.41) is 1.06. The molecule has 0 saturated carbocycles. The minimum atomic E-state index is 0.00684. The third-order valence-corrected chi connectivity index (χ3v) is 4.44. The van der Waals surface area contributed by atoms with Crippen molar-refractivity contribution in [2.45, 2.75) is 26.3 Å². The fourth-order valence-electron chi connectivity index (χ4n) is 3.35. The van der Waals surface area contributed by atoms with Crippen LogP contribution in [0, 0.1) is 0 Å². The second-order valence-electron chi connectivity index (χ2n) is 5.81. The van der Waals surface area contributed by atoms with E-state index in [-0.39, 0.29) is 11.3 Å². The van der Waals surface area contributed by atoms with Gasteiger partial charge in [-0.3, -0.25) is 9.59 Å². The molecule has 0 bridgehead atoms. The highest BCUT2D eigenvalue weighted by molar-refractivity contribution is 5.97. The maximum absolute atomic E-state index is 12.8. The number of benzene rings is 1. The van der Waals surface area contributed by atoms with Gasteiger partial charge in [-0.2, -0.15) is 0 Å². The first-order chi connectivity index (χ1) is 10.6. The summed E-state index contributed by atoms with van der Waals surface area (Å²) < 4.78 is 1.77. The second-order valence-corrected chi connectivity index (χ2v) is 5.81. The van der Waals surface area contributed by atoms with Gasteiger partial charge < -0.3 is 9.55 Å². The van der Waals surface area contributed by atoms with E-state index in [0.717, 1.165) is 35.0 Å². The van der Waals surface area contributed by atoms with E-state index < -0.39 is 0 Å². The van der Waals surface area contributed by atoms with E-state index in [1.165, 1.54) is 0 Å². The molecule has 1 aromatic carbocycles. The van der Waals surface area contributed by atoms with Crippen LogP contribution < -0.4 is 5.56 Å². The number of H-pyrrole nitrogens is 1. The number of nitrogens with one attached hydrogen (secondary N) is 1. The fourth-order valence-corrected chi connectivity index (χ4v) is 3.35. The molecule has 0 fully saturated rings. The summed E-state index contributed by atoms with van der Waals surface area (Å²) >= 11 is 0. The van der Waals surface area contributed by atoms with Gasteiger partial charge >= 0.3 is 0 Å². The second kappa shape index (κ2) is 4.70. The van der Waals surface area contributed by atoms with Crippen molar-refractivity contribution >= 4 is 16.7 Å². The first-order valence-corrected chi connectivity index (χ1v) is 7.50. The third kappa shape index (κ3) is 1.84. The highest BCUT2D eigenvalue weighted by atomic mass is 16.1. The Kier molecular flexibility index (Phi) is 2.79. The number of aromatic amines is 1. The number of fused-ring (bicyclic) bond motifs is 2. The monoisotopic (exact) mass is 292 g/mol. The summed E-state index contributed by atoms with van der Waals surface area (Å²) in [6.07, 6.45) is 3.61. The van der Waals surface area contributed by atoms with Gasteiger partial charge in [0.05, 0.1) is 0 Å². The number of hydrogen-bond acceptors (Lipinski definition) is 2. The van der Waals surface area contributed by atoms with Crippen molar-refractivity contribution in [1.82, 2.24) is 9.55 Å². The largest absolute Gasteiger partial charge is 0.361 e. The molecule has 1 N–H and O–H groups in total. The van der Waals surface area contributed by atoms with Gasteiger partial charge in [-0.05, 0) is 55.0 Å². The standard InChI is InChI=1S/C18H16N2O2/c1-11(21)14-10-15(18(22)20-8-2-3-17(14)20)12-4-5-16-13(9-12)6-7-19-16/h4-7,9-10,19H,2-3,8H2,1H3.